The lowest BCUT2D eigenvalue weighted by atomic mass is 10.2. The smallest absolute Gasteiger partial charge is 0.387 e. The lowest BCUT2D eigenvalue weighted by Crippen LogP contribution is -2.34. The summed E-state index contributed by atoms with van der Waals surface area (Å²) in [6, 6.07) is 3.35. The molecule has 0 aromatic heterocycles. The average molecular weight is 279 g/mol. The number of hydrogen-bond acceptors (Lipinski definition) is 3. The molecule has 0 fully saturated rings. The van der Waals surface area contributed by atoms with Crippen molar-refractivity contribution >= 4 is 23.2 Å². The van der Waals surface area contributed by atoms with Gasteiger partial charge in [0.05, 0.1) is 11.1 Å². The molecule has 0 heterocycles. The molecule has 4 nitrogen and oxygen atoms in total. The van der Waals surface area contributed by atoms with Crippen LogP contribution >= 0.6 is 11.6 Å². The van der Waals surface area contributed by atoms with Crippen molar-refractivity contribution in [3.05, 3.63) is 23.2 Å². The second-order valence-corrected chi connectivity index (χ2v) is 3.93. The monoisotopic (exact) mass is 278 g/mol. The second-order valence-electron chi connectivity index (χ2n) is 3.53. The highest BCUT2D eigenvalue weighted by molar-refractivity contribution is 6.32. The molecule has 0 bridgehead atoms. The summed E-state index contributed by atoms with van der Waals surface area (Å²) >= 11 is 5.73. The van der Waals surface area contributed by atoms with Crippen LogP contribution in [0.3, 0.4) is 0 Å². The van der Waals surface area contributed by atoms with Gasteiger partial charge in [-0.25, -0.2) is 0 Å². The fourth-order valence-corrected chi connectivity index (χ4v) is 1.42. The van der Waals surface area contributed by atoms with E-state index in [0.29, 0.717) is 12.1 Å². The lowest BCUT2D eigenvalue weighted by Gasteiger charge is -2.12. The molecule has 1 aromatic carbocycles. The van der Waals surface area contributed by atoms with Crippen LogP contribution in [0, 0.1) is 0 Å². The molecule has 3 N–H and O–H groups in total. The Morgan fingerprint density at radius 1 is 1.56 bits per heavy atom. The largest absolute Gasteiger partial charge is 0.433 e. The summed E-state index contributed by atoms with van der Waals surface area (Å²) < 4.78 is 28.2. The fraction of sp³-hybridized carbons (Fsp3) is 0.364. The SMILES string of the molecule is CC[C@H](N)C(=O)Nc1ccc(OC(F)F)c(Cl)c1. The Kier molecular flexibility index (Phi) is 5.30. The summed E-state index contributed by atoms with van der Waals surface area (Å²) in [5.41, 5.74) is 5.90. The third-order valence-electron chi connectivity index (χ3n) is 2.19. The zero-order valence-electron chi connectivity index (χ0n) is 9.62. The Morgan fingerprint density at radius 2 is 2.22 bits per heavy atom. The predicted molar refractivity (Wildman–Crippen MR) is 65.0 cm³/mol. The van der Waals surface area contributed by atoms with Crippen LogP contribution < -0.4 is 15.8 Å². The first-order chi connectivity index (χ1) is 8.43. The highest BCUT2D eigenvalue weighted by Crippen LogP contribution is 2.28. The van der Waals surface area contributed by atoms with Gasteiger partial charge >= 0.3 is 6.61 Å². The first kappa shape index (κ1) is 14.7. The van der Waals surface area contributed by atoms with Crippen molar-refractivity contribution < 1.29 is 18.3 Å². The molecule has 7 heteroatoms. The van der Waals surface area contributed by atoms with Gasteiger partial charge in [-0.3, -0.25) is 4.79 Å². The van der Waals surface area contributed by atoms with E-state index >= 15 is 0 Å². The number of hydrogen-bond donors (Lipinski definition) is 2. The van der Waals surface area contributed by atoms with Crippen LogP contribution in [0.2, 0.25) is 5.02 Å². The van der Waals surface area contributed by atoms with Gasteiger partial charge < -0.3 is 15.8 Å². The summed E-state index contributed by atoms with van der Waals surface area (Å²) in [7, 11) is 0. The fourth-order valence-electron chi connectivity index (χ4n) is 1.19. The van der Waals surface area contributed by atoms with Crippen LogP contribution in [0.25, 0.3) is 0 Å². The molecule has 100 valence electrons. The number of amides is 1. The minimum Gasteiger partial charge on any atom is -0.433 e. The van der Waals surface area contributed by atoms with E-state index in [1.165, 1.54) is 18.2 Å². The Labute approximate surface area is 108 Å². The predicted octanol–water partition coefficient (Wildman–Crippen LogP) is 2.62. The van der Waals surface area contributed by atoms with Crippen molar-refractivity contribution in [3.8, 4) is 5.75 Å². The molecule has 1 aromatic rings. The maximum Gasteiger partial charge on any atom is 0.387 e. The van der Waals surface area contributed by atoms with Crippen LogP contribution in [0.1, 0.15) is 13.3 Å². The molecule has 0 aliphatic carbocycles. The van der Waals surface area contributed by atoms with E-state index < -0.39 is 12.7 Å². The maximum absolute atomic E-state index is 12.0. The Morgan fingerprint density at radius 3 is 2.72 bits per heavy atom. The third kappa shape index (κ3) is 4.12. The molecule has 1 amide bonds. The number of ether oxygens (including phenoxy) is 1. The summed E-state index contributed by atoms with van der Waals surface area (Å²) in [6.45, 7) is -1.17. The molecule has 0 aliphatic rings. The Balaban J connectivity index is 2.75. The van der Waals surface area contributed by atoms with Gasteiger partial charge in [0.1, 0.15) is 5.75 Å². The standard InChI is InChI=1S/C11H13ClF2N2O2/c1-2-8(15)10(17)16-6-3-4-9(7(12)5-6)18-11(13)14/h3-5,8,11H,2,15H2,1H3,(H,16,17)/t8-/m0/s1. The normalized spacial score (nSPS) is 12.3. The summed E-state index contributed by atoms with van der Waals surface area (Å²) in [5.74, 6) is -0.513. The number of carbonyl (C=O) groups excluding carboxylic acids is 1. The number of carbonyl (C=O) groups is 1. The second kappa shape index (κ2) is 6.51. The highest BCUT2D eigenvalue weighted by atomic mass is 35.5. The van der Waals surface area contributed by atoms with E-state index in [-0.39, 0.29) is 16.7 Å². The highest BCUT2D eigenvalue weighted by Gasteiger charge is 2.13. The number of benzene rings is 1. The van der Waals surface area contributed by atoms with E-state index in [0.717, 1.165) is 0 Å². The molecule has 0 spiro atoms. The van der Waals surface area contributed by atoms with Gasteiger partial charge in [-0.2, -0.15) is 8.78 Å². The van der Waals surface area contributed by atoms with Crippen LogP contribution in [0.4, 0.5) is 14.5 Å². The zero-order chi connectivity index (χ0) is 13.7. The van der Waals surface area contributed by atoms with E-state index in [1.54, 1.807) is 6.92 Å². The van der Waals surface area contributed by atoms with E-state index in [2.05, 4.69) is 10.1 Å². The van der Waals surface area contributed by atoms with Crippen molar-refractivity contribution in [2.45, 2.75) is 26.0 Å². The number of nitrogens with one attached hydrogen (secondary N) is 1. The van der Waals surface area contributed by atoms with E-state index in [4.69, 9.17) is 17.3 Å². The summed E-state index contributed by atoms with van der Waals surface area (Å²) in [4.78, 5) is 11.5. The van der Waals surface area contributed by atoms with Gasteiger partial charge in [0.2, 0.25) is 5.91 Å². The molecule has 1 atom stereocenters. The summed E-state index contributed by atoms with van der Waals surface area (Å²) in [5, 5.41) is 2.51. The molecular weight excluding hydrogens is 266 g/mol. The lowest BCUT2D eigenvalue weighted by molar-refractivity contribution is -0.117. The van der Waals surface area contributed by atoms with Crippen molar-refractivity contribution in [2.75, 3.05) is 5.32 Å². The molecule has 1 rings (SSSR count). The van der Waals surface area contributed by atoms with Crippen LogP contribution in [-0.2, 0) is 4.79 Å². The van der Waals surface area contributed by atoms with E-state index in [9.17, 15) is 13.6 Å². The van der Waals surface area contributed by atoms with Gasteiger partial charge in [-0.05, 0) is 24.6 Å². The molecule has 0 aliphatic heterocycles. The van der Waals surface area contributed by atoms with Gasteiger partial charge in [0.25, 0.3) is 0 Å². The first-order valence-electron chi connectivity index (χ1n) is 5.24. The number of nitrogens with two attached hydrogens (primary N) is 1. The Hall–Kier alpha value is -1.40. The average Bonchev–Trinajstić information content (AvgIpc) is 2.31. The number of anilines is 1. The van der Waals surface area contributed by atoms with Gasteiger partial charge in [0, 0.05) is 5.69 Å². The van der Waals surface area contributed by atoms with Crippen LogP contribution in [0.5, 0.6) is 5.75 Å². The minimum absolute atomic E-state index is 0.0156. The zero-order valence-corrected chi connectivity index (χ0v) is 10.4. The quantitative estimate of drug-likeness (QED) is 0.870. The third-order valence-corrected chi connectivity index (χ3v) is 2.49. The van der Waals surface area contributed by atoms with Crippen molar-refractivity contribution in [1.29, 1.82) is 0 Å². The van der Waals surface area contributed by atoms with Crippen LogP contribution in [0.15, 0.2) is 18.2 Å². The maximum atomic E-state index is 12.0. The Bertz CT molecular complexity index is 430. The topological polar surface area (TPSA) is 64.4 Å². The molecule has 18 heavy (non-hydrogen) atoms. The van der Waals surface area contributed by atoms with E-state index in [1.807, 2.05) is 0 Å². The molecule has 0 unspecified atom stereocenters. The van der Waals surface area contributed by atoms with Crippen molar-refractivity contribution in [1.82, 2.24) is 0 Å². The van der Waals surface area contributed by atoms with Crippen molar-refractivity contribution in [2.24, 2.45) is 5.73 Å². The van der Waals surface area contributed by atoms with Crippen LogP contribution in [-0.4, -0.2) is 18.6 Å². The molecule has 0 saturated carbocycles. The van der Waals surface area contributed by atoms with Crippen molar-refractivity contribution in [3.63, 3.8) is 0 Å². The van der Waals surface area contributed by atoms with Gasteiger partial charge in [-0.1, -0.05) is 18.5 Å². The first-order valence-corrected chi connectivity index (χ1v) is 5.62. The number of halogens is 3. The molecular formula is C11H13ClF2N2O2. The van der Waals surface area contributed by atoms with Gasteiger partial charge in [-0.15, -0.1) is 0 Å². The molecule has 0 saturated heterocycles. The molecule has 0 radical (unpaired) electrons. The van der Waals surface area contributed by atoms with Gasteiger partial charge in [0.15, 0.2) is 0 Å². The number of alkyl halides is 2. The minimum atomic E-state index is -2.95. The number of rotatable bonds is 5. The summed E-state index contributed by atoms with van der Waals surface area (Å²) in [6.07, 6.45) is 0.492.